The first-order valence-electron chi connectivity index (χ1n) is 6.86. The lowest BCUT2D eigenvalue weighted by atomic mass is 10.1. The van der Waals surface area contributed by atoms with Crippen LogP contribution in [0.2, 0.25) is 0 Å². The Morgan fingerprint density at radius 1 is 1.43 bits per heavy atom. The number of fused-ring (bicyclic) bond motifs is 1. The minimum Gasteiger partial charge on any atom is -0.381 e. The smallest absolute Gasteiger partial charge is 0.278 e. The fourth-order valence-electron chi connectivity index (χ4n) is 2.30. The third-order valence-electron chi connectivity index (χ3n) is 3.43. The van der Waals surface area contributed by atoms with Crippen molar-refractivity contribution >= 4 is 33.9 Å². The zero-order valence-corrected chi connectivity index (χ0v) is 13.2. The van der Waals surface area contributed by atoms with Crippen LogP contribution in [0.4, 0.5) is 11.4 Å². The summed E-state index contributed by atoms with van der Waals surface area (Å²) in [6, 6.07) is 5.59. The second-order valence-electron chi connectivity index (χ2n) is 4.97. The molecule has 0 aliphatic heterocycles. The van der Waals surface area contributed by atoms with Crippen LogP contribution in [0.5, 0.6) is 0 Å². The molecule has 1 aromatic carbocycles. The van der Waals surface area contributed by atoms with E-state index in [9.17, 15) is 10.1 Å². The van der Waals surface area contributed by atoms with Crippen LogP contribution in [0, 0.1) is 17.0 Å². The molecule has 6 heteroatoms. The van der Waals surface area contributed by atoms with E-state index in [1.165, 1.54) is 0 Å². The van der Waals surface area contributed by atoms with E-state index in [2.05, 4.69) is 23.5 Å². The topological polar surface area (TPSA) is 68.1 Å². The number of pyridine rings is 1. The first-order valence-corrected chi connectivity index (χ1v) is 8.25. The molecule has 0 aliphatic carbocycles. The van der Waals surface area contributed by atoms with Gasteiger partial charge in [-0.25, -0.2) is 0 Å². The van der Waals surface area contributed by atoms with Gasteiger partial charge in [-0.15, -0.1) is 0 Å². The summed E-state index contributed by atoms with van der Waals surface area (Å²) < 4.78 is 0. The predicted octanol–water partition coefficient (Wildman–Crippen LogP) is 4.00. The summed E-state index contributed by atoms with van der Waals surface area (Å²) in [4.78, 5) is 15.0. The van der Waals surface area contributed by atoms with Gasteiger partial charge in [-0.05, 0) is 31.7 Å². The molecule has 1 heterocycles. The molecule has 0 fully saturated rings. The number of nitro benzene ring substituents is 1. The minimum atomic E-state index is -0.359. The molecule has 0 amide bonds. The van der Waals surface area contributed by atoms with E-state index < -0.39 is 0 Å². The normalized spacial score (nSPS) is 12.3. The lowest BCUT2D eigenvalue weighted by molar-refractivity contribution is -0.383. The zero-order chi connectivity index (χ0) is 15.4. The Morgan fingerprint density at radius 2 is 2.19 bits per heavy atom. The van der Waals surface area contributed by atoms with Gasteiger partial charge in [-0.1, -0.05) is 6.92 Å². The second-order valence-corrected chi connectivity index (χ2v) is 5.88. The molecular weight excluding hydrogens is 286 g/mol. The number of benzene rings is 1. The number of aromatic nitrogens is 1. The molecule has 2 rings (SSSR count). The number of nitro groups is 1. The first-order chi connectivity index (χ1) is 10.1. The number of nitrogens with zero attached hydrogens (tertiary/aromatic N) is 2. The van der Waals surface area contributed by atoms with Crippen molar-refractivity contribution in [3.63, 3.8) is 0 Å². The number of hydrogen-bond acceptors (Lipinski definition) is 5. The number of rotatable bonds is 6. The molecule has 1 atom stereocenters. The SMILES string of the molecule is CCC(CSC)Nc1ccc([N+](=O)[O-])c2cnc(C)cc12. The Hall–Kier alpha value is -1.82. The number of nitrogens with one attached hydrogen (secondary N) is 1. The maximum absolute atomic E-state index is 11.1. The molecule has 1 N–H and O–H groups in total. The Kier molecular flexibility index (Phi) is 5.01. The van der Waals surface area contributed by atoms with Crippen molar-refractivity contribution in [2.45, 2.75) is 26.3 Å². The number of anilines is 1. The van der Waals surface area contributed by atoms with E-state index in [1.54, 1.807) is 30.1 Å². The first kappa shape index (κ1) is 15.6. The maximum Gasteiger partial charge on any atom is 0.278 e. The van der Waals surface area contributed by atoms with Crippen LogP contribution >= 0.6 is 11.8 Å². The molecule has 2 aromatic rings. The van der Waals surface area contributed by atoms with Crippen LogP contribution < -0.4 is 5.32 Å². The lowest BCUT2D eigenvalue weighted by Gasteiger charge is -2.18. The Labute approximate surface area is 128 Å². The van der Waals surface area contributed by atoms with Gasteiger partial charge in [-0.3, -0.25) is 15.1 Å². The van der Waals surface area contributed by atoms with Crippen LogP contribution in [-0.4, -0.2) is 28.0 Å². The van der Waals surface area contributed by atoms with Crippen LogP contribution in [0.3, 0.4) is 0 Å². The highest BCUT2D eigenvalue weighted by Crippen LogP contribution is 2.32. The number of non-ortho nitro benzene ring substituents is 1. The van der Waals surface area contributed by atoms with Crippen molar-refractivity contribution < 1.29 is 4.92 Å². The highest BCUT2D eigenvalue weighted by atomic mass is 32.2. The molecular formula is C15H19N3O2S. The van der Waals surface area contributed by atoms with Crippen molar-refractivity contribution in [2.24, 2.45) is 0 Å². The van der Waals surface area contributed by atoms with Gasteiger partial charge in [0, 0.05) is 40.8 Å². The average molecular weight is 305 g/mol. The largest absolute Gasteiger partial charge is 0.381 e. The average Bonchev–Trinajstić information content (AvgIpc) is 2.46. The number of hydrogen-bond donors (Lipinski definition) is 1. The van der Waals surface area contributed by atoms with Gasteiger partial charge in [0.25, 0.3) is 5.69 Å². The molecule has 21 heavy (non-hydrogen) atoms. The van der Waals surface area contributed by atoms with Gasteiger partial charge in [0.15, 0.2) is 0 Å². The van der Waals surface area contributed by atoms with Crippen molar-refractivity contribution in [3.8, 4) is 0 Å². The van der Waals surface area contributed by atoms with Crippen LogP contribution in [-0.2, 0) is 0 Å². The fourth-order valence-corrected chi connectivity index (χ4v) is 3.02. The Bertz CT molecular complexity index is 661. The summed E-state index contributed by atoms with van der Waals surface area (Å²) in [7, 11) is 0. The highest BCUT2D eigenvalue weighted by molar-refractivity contribution is 7.98. The second kappa shape index (κ2) is 6.76. The summed E-state index contributed by atoms with van der Waals surface area (Å²) in [5.41, 5.74) is 1.88. The summed E-state index contributed by atoms with van der Waals surface area (Å²) in [6.45, 7) is 4.02. The van der Waals surface area contributed by atoms with Crippen LogP contribution in [0.1, 0.15) is 19.0 Å². The summed E-state index contributed by atoms with van der Waals surface area (Å²) in [6.07, 6.45) is 4.67. The van der Waals surface area contributed by atoms with Crippen molar-refractivity contribution in [3.05, 3.63) is 40.2 Å². The van der Waals surface area contributed by atoms with Crippen molar-refractivity contribution in [1.82, 2.24) is 4.98 Å². The van der Waals surface area contributed by atoms with E-state index >= 15 is 0 Å². The number of thioether (sulfide) groups is 1. The third kappa shape index (κ3) is 3.44. The van der Waals surface area contributed by atoms with E-state index in [0.29, 0.717) is 11.4 Å². The lowest BCUT2D eigenvalue weighted by Crippen LogP contribution is -2.21. The molecule has 0 aliphatic rings. The minimum absolute atomic E-state index is 0.0981. The highest BCUT2D eigenvalue weighted by Gasteiger charge is 2.16. The molecule has 1 unspecified atom stereocenters. The summed E-state index contributed by atoms with van der Waals surface area (Å²) in [5.74, 6) is 0.999. The molecule has 0 bridgehead atoms. The number of aryl methyl sites for hydroxylation is 1. The predicted molar refractivity (Wildman–Crippen MR) is 89.2 cm³/mol. The van der Waals surface area contributed by atoms with E-state index in [1.807, 2.05) is 13.0 Å². The molecule has 0 radical (unpaired) electrons. The standard InChI is InChI=1S/C15H19N3O2S/c1-4-11(9-21-3)17-14-5-6-15(18(19)20)13-8-16-10(2)7-12(13)14/h5-8,11,17H,4,9H2,1-3H3. The van der Waals surface area contributed by atoms with E-state index in [-0.39, 0.29) is 10.6 Å². The quantitative estimate of drug-likeness (QED) is 0.645. The fraction of sp³-hybridized carbons (Fsp3) is 0.400. The summed E-state index contributed by atoms with van der Waals surface area (Å²) >= 11 is 1.79. The van der Waals surface area contributed by atoms with Gasteiger partial charge in [0.1, 0.15) is 0 Å². The van der Waals surface area contributed by atoms with Crippen molar-refractivity contribution in [1.29, 1.82) is 0 Å². The molecule has 0 spiro atoms. The van der Waals surface area contributed by atoms with E-state index in [4.69, 9.17) is 0 Å². The monoisotopic (exact) mass is 305 g/mol. The van der Waals surface area contributed by atoms with E-state index in [0.717, 1.165) is 28.9 Å². The Balaban J connectivity index is 2.51. The van der Waals surface area contributed by atoms with Gasteiger partial charge < -0.3 is 5.32 Å². The van der Waals surface area contributed by atoms with Crippen LogP contribution in [0.25, 0.3) is 10.8 Å². The maximum atomic E-state index is 11.1. The van der Waals surface area contributed by atoms with Gasteiger partial charge >= 0.3 is 0 Å². The van der Waals surface area contributed by atoms with Crippen LogP contribution in [0.15, 0.2) is 24.4 Å². The third-order valence-corrected chi connectivity index (χ3v) is 4.17. The van der Waals surface area contributed by atoms with Gasteiger partial charge in [0.05, 0.1) is 10.3 Å². The Morgan fingerprint density at radius 3 is 2.81 bits per heavy atom. The molecule has 0 saturated carbocycles. The zero-order valence-electron chi connectivity index (χ0n) is 12.4. The molecule has 5 nitrogen and oxygen atoms in total. The molecule has 1 aromatic heterocycles. The van der Waals surface area contributed by atoms with Gasteiger partial charge in [-0.2, -0.15) is 11.8 Å². The van der Waals surface area contributed by atoms with Gasteiger partial charge in [0.2, 0.25) is 0 Å². The van der Waals surface area contributed by atoms with Crippen molar-refractivity contribution in [2.75, 3.05) is 17.3 Å². The summed E-state index contributed by atoms with van der Waals surface area (Å²) in [5, 5.41) is 16.1. The molecule has 0 saturated heterocycles. The molecule has 112 valence electrons.